The molecule has 0 aliphatic carbocycles. The van der Waals surface area contributed by atoms with Crippen LogP contribution in [0.15, 0.2) is 189 Å². The van der Waals surface area contributed by atoms with Gasteiger partial charge in [-0.15, -0.1) is 22.7 Å². The summed E-state index contributed by atoms with van der Waals surface area (Å²) in [5.74, 6) is 0. The molecule has 59 heavy (non-hydrogen) atoms. The fourth-order valence-electron chi connectivity index (χ4n) is 9.83. The van der Waals surface area contributed by atoms with Crippen LogP contribution in [-0.4, -0.2) is 0 Å². The maximum Gasteiger partial charge on any atom is 0.0368 e. The van der Waals surface area contributed by atoms with Gasteiger partial charge < -0.3 is 0 Å². The molecular formula is C57H36S2. The van der Waals surface area contributed by atoms with Crippen LogP contribution in [0.5, 0.6) is 0 Å². The van der Waals surface area contributed by atoms with Gasteiger partial charge in [-0.1, -0.05) is 170 Å². The first-order valence-electron chi connectivity index (χ1n) is 20.2. The molecule has 0 spiro atoms. The molecule has 0 amide bonds. The van der Waals surface area contributed by atoms with Gasteiger partial charge >= 0.3 is 0 Å². The van der Waals surface area contributed by atoms with Gasteiger partial charge in [-0.05, 0) is 118 Å². The van der Waals surface area contributed by atoms with Crippen molar-refractivity contribution in [2.45, 2.75) is 6.92 Å². The van der Waals surface area contributed by atoms with E-state index in [1.54, 1.807) is 0 Å². The second-order valence-corrected chi connectivity index (χ2v) is 17.9. The van der Waals surface area contributed by atoms with Crippen molar-refractivity contribution in [2.75, 3.05) is 0 Å². The van der Waals surface area contributed by atoms with Crippen LogP contribution in [-0.2, 0) is 0 Å². The first kappa shape index (κ1) is 34.2. The molecule has 0 bridgehead atoms. The molecule has 0 fully saturated rings. The molecule has 10 aromatic carbocycles. The van der Waals surface area contributed by atoms with Crippen LogP contribution in [0.2, 0.25) is 0 Å². The Kier molecular flexibility index (Phi) is 7.75. The summed E-state index contributed by atoms with van der Waals surface area (Å²) in [5.41, 5.74) is 10.2. The van der Waals surface area contributed by atoms with Gasteiger partial charge in [0.15, 0.2) is 0 Å². The summed E-state index contributed by atoms with van der Waals surface area (Å²) in [6.07, 6.45) is 2.05. The molecule has 0 saturated carbocycles. The Labute approximate surface area is 350 Å². The molecule has 0 radical (unpaired) electrons. The average Bonchev–Trinajstić information content (AvgIpc) is 3.83. The minimum Gasteiger partial charge on any atom is -0.140 e. The summed E-state index contributed by atoms with van der Waals surface area (Å²) in [5, 5.41) is 15.3. The number of hydrogen-bond acceptors (Lipinski definition) is 2. The number of hydrogen-bond donors (Lipinski definition) is 0. The first-order chi connectivity index (χ1) is 29.1. The van der Waals surface area contributed by atoms with E-state index in [4.69, 9.17) is 0 Å². The smallest absolute Gasteiger partial charge is 0.0368 e. The minimum absolute atomic E-state index is 1.23. The minimum atomic E-state index is 1.23. The van der Waals surface area contributed by atoms with Gasteiger partial charge in [-0.3, -0.25) is 0 Å². The first-order valence-corrected chi connectivity index (χ1v) is 21.8. The highest BCUT2D eigenvalue weighted by Crippen LogP contribution is 2.51. The second-order valence-electron chi connectivity index (χ2n) is 15.6. The van der Waals surface area contributed by atoms with Crippen molar-refractivity contribution in [2.24, 2.45) is 0 Å². The average molecular weight is 785 g/mol. The van der Waals surface area contributed by atoms with Crippen molar-refractivity contribution < 1.29 is 0 Å². The lowest BCUT2D eigenvalue weighted by molar-refractivity contribution is 1.64. The van der Waals surface area contributed by atoms with E-state index in [1.807, 2.05) is 22.7 Å². The Hall–Kier alpha value is -6.84. The summed E-state index contributed by atoms with van der Waals surface area (Å²) in [7, 11) is 0. The lowest BCUT2D eigenvalue weighted by Crippen LogP contribution is -1.91. The molecule has 12 rings (SSSR count). The van der Waals surface area contributed by atoms with E-state index in [2.05, 4.69) is 202 Å². The van der Waals surface area contributed by atoms with Crippen LogP contribution >= 0.6 is 22.7 Å². The number of aryl methyl sites for hydroxylation is 1. The zero-order chi connectivity index (χ0) is 39.2. The van der Waals surface area contributed by atoms with E-state index in [0.717, 1.165) is 0 Å². The van der Waals surface area contributed by atoms with Crippen LogP contribution in [0, 0.1) is 6.92 Å². The van der Waals surface area contributed by atoms with E-state index in [9.17, 15) is 0 Å². The molecule has 0 aliphatic heterocycles. The van der Waals surface area contributed by atoms with Crippen molar-refractivity contribution in [1.82, 2.24) is 0 Å². The molecule has 2 aromatic heterocycles. The highest BCUT2D eigenvalue weighted by atomic mass is 32.1. The Balaban J connectivity index is 1.03. The van der Waals surface area contributed by atoms with E-state index >= 15 is 0 Å². The topological polar surface area (TPSA) is 0 Å². The number of benzene rings is 10. The molecule has 0 nitrogen and oxygen atoms in total. The molecule has 0 aliphatic rings. The lowest BCUT2D eigenvalue weighted by atomic mass is 9.84. The summed E-state index contributed by atoms with van der Waals surface area (Å²) < 4.78 is 2.62. The standard InChI is InChI=1S/C57H36S2/c1-3-50-57(53-34(2)58-51-26-13-12-24-48(51)53)56-43-19-7-6-18-41(43)49(33-52(56)59-50)38-29-27-37-32-39(30-28-36(37)31-38)54-44-20-8-10-22-46(44)55(47-23-11-9-21-45(47)54)42-25-14-16-35-15-4-5-17-40(35)42/h3-33H,1H2,2H3. The van der Waals surface area contributed by atoms with Crippen LogP contribution in [0.3, 0.4) is 0 Å². The molecule has 2 heterocycles. The van der Waals surface area contributed by atoms with Gasteiger partial charge in [0.05, 0.1) is 0 Å². The molecule has 0 N–H and O–H groups in total. The van der Waals surface area contributed by atoms with Crippen molar-refractivity contribution >= 4 is 103 Å². The monoisotopic (exact) mass is 784 g/mol. The molecule has 0 unspecified atom stereocenters. The van der Waals surface area contributed by atoms with E-state index < -0.39 is 0 Å². The summed E-state index contributed by atoms with van der Waals surface area (Å²) >= 11 is 3.74. The molecule has 0 atom stereocenters. The quantitative estimate of drug-likeness (QED) is 0.153. The summed E-state index contributed by atoms with van der Waals surface area (Å²) in [6.45, 7) is 6.57. The van der Waals surface area contributed by atoms with E-state index in [0.29, 0.717) is 0 Å². The van der Waals surface area contributed by atoms with Gasteiger partial charge in [-0.2, -0.15) is 0 Å². The fraction of sp³-hybridized carbons (Fsp3) is 0.0175. The Morgan fingerprint density at radius 2 is 0.932 bits per heavy atom. The van der Waals surface area contributed by atoms with Crippen LogP contribution in [0.25, 0.3) is 125 Å². The van der Waals surface area contributed by atoms with Gasteiger partial charge in [0.1, 0.15) is 0 Å². The van der Waals surface area contributed by atoms with Gasteiger partial charge in [0.2, 0.25) is 0 Å². The summed E-state index contributed by atoms with van der Waals surface area (Å²) in [4.78, 5) is 2.57. The van der Waals surface area contributed by atoms with Gasteiger partial charge in [-0.25, -0.2) is 0 Å². The van der Waals surface area contributed by atoms with Crippen molar-refractivity contribution in [3.8, 4) is 44.5 Å². The Bertz CT molecular complexity index is 3640. The largest absolute Gasteiger partial charge is 0.140 e. The molecule has 276 valence electrons. The molecule has 2 heteroatoms. The van der Waals surface area contributed by atoms with Crippen molar-refractivity contribution in [3.63, 3.8) is 0 Å². The maximum absolute atomic E-state index is 4.31. The van der Waals surface area contributed by atoms with Crippen molar-refractivity contribution in [1.29, 1.82) is 0 Å². The third-order valence-corrected chi connectivity index (χ3v) is 14.6. The predicted molar refractivity (Wildman–Crippen MR) is 261 cm³/mol. The lowest BCUT2D eigenvalue weighted by Gasteiger charge is -2.19. The Morgan fingerprint density at radius 1 is 0.373 bits per heavy atom. The van der Waals surface area contributed by atoms with Crippen LogP contribution < -0.4 is 0 Å². The third kappa shape index (κ3) is 5.20. The number of rotatable bonds is 5. The number of fused-ring (bicyclic) bond motifs is 8. The highest BCUT2D eigenvalue weighted by molar-refractivity contribution is 7.21. The molecular weight excluding hydrogens is 749 g/mol. The maximum atomic E-state index is 4.31. The normalized spacial score (nSPS) is 11.9. The van der Waals surface area contributed by atoms with Crippen molar-refractivity contribution in [3.05, 3.63) is 198 Å². The zero-order valence-corrected chi connectivity index (χ0v) is 34.1. The van der Waals surface area contributed by atoms with Gasteiger partial charge in [0.25, 0.3) is 0 Å². The van der Waals surface area contributed by atoms with Crippen LogP contribution in [0.4, 0.5) is 0 Å². The second kappa shape index (κ2) is 13.4. The van der Waals surface area contributed by atoms with E-state index in [-0.39, 0.29) is 0 Å². The highest BCUT2D eigenvalue weighted by Gasteiger charge is 2.23. The molecule has 12 aromatic rings. The SMILES string of the molecule is C=Cc1sc2cc(-c3ccc4cc(-c5c6ccccc6c(-c6cccc7ccccc67)c6ccccc56)ccc4c3)c3ccccc3c2c1-c1c(C)sc2ccccc12. The van der Waals surface area contributed by atoms with Gasteiger partial charge in [0, 0.05) is 41.1 Å². The summed E-state index contributed by atoms with van der Waals surface area (Å²) in [6, 6.07) is 67.6. The third-order valence-electron chi connectivity index (χ3n) is 12.4. The Morgan fingerprint density at radius 3 is 1.64 bits per heavy atom. The van der Waals surface area contributed by atoms with E-state index in [1.165, 1.54) is 128 Å². The molecule has 0 saturated heterocycles. The number of thiophene rings is 2. The fourth-order valence-corrected chi connectivity index (χ4v) is 12.0. The van der Waals surface area contributed by atoms with Crippen LogP contribution in [0.1, 0.15) is 9.75 Å². The zero-order valence-electron chi connectivity index (χ0n) is 32.4. The predicted octanol–water partition coefficient (Wildman–Crippen LogP) is 17.5.